The third kappa shape index (κ3) is 2.47. The third-order valence-electron chi connectivity index (χ3n) is 1.66. The summed E-state index contributed by atoms with van der Waals surface area (Å²) in [4.78, 5) is 31.5. The highest BCUT2D eigenvalue weighted by Gasteiger charge is 2.17. The maximum Gasteiger partial charge on any atom is 0.511 e. The highest BCUT2D eigenvalue weighted by Crippen LogP contribution is 2.18. The van der Waals surface area contributed by atoms with Crippen molar-refractivity contribution < 1.29 is 34.4 Å². The van der Waals surface area contributed by atoms with Gasteiger partial charge >= 0.3 is 18.1 Å². The zero-order valence-corrected chi connectivity index (χ0v) is 7.71. The molecule has 0 fully saturated rings. The Labute approximate surface area is 88.5 Å². The second-order valence-corrected chi connectivity index (χ2v) is 2.69. The fourth-order valence-electron chi connectivity index (χ4n) is 1.05. The molecule has 0 aliphatic carbocycles. The van der Waals surface area contributed by atoms with Crippen molar-refractivity contribution in [2.45, 2.75) is 0 Å². The van der Waals surface area contributed by atoms with Gasteiger partial charge in [0, 0.05) is 0 Å². The Kier molecular flexibility index (Phi) is 3.09. The summed E-state index contributed by atoms with van der Waals surface area (Å²) in [5, 5.41) is 25.7. The fourth-order valence-corrected chi connectivity index (χ4v) is 1.05. The maximum absolute atomic E-state index is 10.7. The average molecular weight is 226 g/mol. The monoisotopic (exact) mass is 226 g/mol. The number of carboxylic acid groups (broad SMARTS) is 3. The van der Waals surface area contributed by atoms with Gasteiger partial charge < -0.3 is 20.1 Å². The molecule has 0 heterocycles. The van der Waals surface area contributed by atoms with Crippen LogP contribution in [-0.2, 0) is 0 Å². The van der Waals surface area contributed by atoms with E-state index in [0.717, 1.165) is 18.2 Å². The van der Waals surface area contributed by atoms with Crippen molar-refractivity contribution in [3.63, 3.8) is 0 Å². The van der Waals surface area contributed by atoms with Gasteiger partial charge in [-0.2, -0.15) is 0 Å². The van der Waals surface area contributed by atoms with E-state index in [1.807, 2.05) is 0 Å². The zero-order chi connectivity index (χ0) is 12.3. The Morgan fingerprint density at radius 3 is 1.94 bits per heavy atom. The Hall–Kier alpha value is -2.57. The summed E-state index contributed by atoms with van der Waals surface area (Å²) in [5.41, 5.74) is -0.975. The predicted molar refractivity (Wildman–Crippen MR) is 49.0 cm³/mol. The minimum absolute atomic E-state index is 0.255. The molecule has 0 aromatic heterocycles. The number of rotatable bonds is 3. The van der Waals surface area contributed by atoms with Crippen LogP contribution in [0.3, 0.4) is 0 Å². The van der Waals surface area contributed by atoms with Crippen LogP contribution in [0.2, 0.25) is 0 Å². The molecule has 0 bridgehead atoms. The van der Waals surface area contributed by atoms with E-state index >= 15 is 0 Å². The van der Waals surface area contributed by atoms with Crippen molar-refractivity contribution in [2.75, 3.05) is 0 Å². The molecule has 7 heteroatoms. The molecular weight excluding hydrogens is 220 g/mol. The van der Waals surface area contributed by atoms with E-state index in [-0.39, 0.29) is 5.75 Å². The number of hydrogen-bond donors (Lipinski definition) is 3. The van der Waals surface area contributed by atoms with Crippen molar-refractivity contribution in [2.24, 2.45) is 0 Å². The van der Waals surface area contributed by atoms with Crippen LogP contribution in [0.1, 0.15) is 20.7 Å². The standard InChI is InChI=1S/C9H6O7/c10-7(11)5-2-1-4(16-9(14)15)3-6(5)8(12)13/h1-3H,(H,10,11)(H,12,13)(H,14,15). The molecule has 0 saturated carbocycles. The van der Waals surface area contributed by atoms with E-state index < -0.39 is 29.2 Å². The normalized spacial score (nSPS) is 9.50. The first-order valence-corrected chi connectivity index (χ1v) is 3.93. The van der Waals surface area contributed by atoms with Gasteiger partial charge in [-0.3, -0.25) is 0 Å². The molecule has 84 valence electrons. The van der Waals surface area contributed by atoms with E-state index in [1.165, 1.54) is 0 Å². The summed E-state index contributed by atoms with van der Waals surface area (Å²) in [6.07, 6.45) is -1.61. The first kappa shape index (κ1) is 11.5. The smallest absolute Gasteiger partial charge is 0.478 e. The minimum atomic E-state index is -1.61. The van der Waals surface area contributed by atoms with Crippen molar-refractivity contribution in [1.82, 2.24) is 0 Å². The Balaban J connectivity index is 3.22. The molecule has 1 aromatic rings. The van der Waals surface area contributed by atoms with Crippen molar-refractivity contribution in [1.29, 1.82) is 0 Å². The van der Waals surface area contributed by atoms with Crippen LogP contribution in [0.15, 0.2) is 18.2 Å². The quantitative estimate of drug-likeness (QED) is 0.521. The lowest BCUT2D eigenvalue weighted by Crippen LogP contribution is -2.09. The van der Waals surface area contributed by atoms with Crippen LogP contribution >= 0.6 is 0 Å². The second-order valence-electron chi connectivity index (χ2n) is 2.69. The Morgan fingerprint density at radius 1 is 0.938 bits per heavy atom. The molecule has 1 aromatic carbocycles. The number of aromatic carboxylic acids is 2. The largest absolute Gasteiger partial charge is 0.511 e. The van der Waals surface area contributed by atoms with Crippen LogP contribution in [0.25, 0.3) is 0 Å². The van der Waals surface area contributed by atoms with Crippen LogP contribution < -0.4 is 4.74 Å². The number of hydrogen-bond acceptors (Lipinski definition) is 4. The predicted octanol–water partition coefficient (Wildman–Crippen LogP) is 1.14. The zero-order valence-electron chi connectivity index (χ0n) is 7.71. The van der Waals surface area contributed by atoms with Gasteiger partial charge in [0.15, 0.2) is 0 Å². The van der Waals surface area contributed by atoms with Crippen LogP contribution in [0.5, 0.6) is 5.75 Å². The summed E-state index contributed by atoms with van der Waals surface area (Å²) in [6, 6.07) is 2.86. The summed E-state index contributed by atoms with van der Waals surface area (Å²) < 4.78 is 4.20. The minimum Gasteiger partial charge on any atom is -0.478 e. The van der Waals surface area contributed by atoms with Gasteiger partial charge in [0.1, 0.15) is 5.75 Å². The van der Waals surface area contributed by atoms with Crippen LogP contribution in [-0.4, -0.2) is 33.4 Å². The number of benzene rings is 1. The highest BCUT2D eigenvalue weighted by atomic mass is 16.7. The molecule has 3 N–H and O–H groups in total. The van der Waals surface area contributed by atoms with E-state index in [2.05, 4.69) is 4.74 Å². The molecule has 0 aliphatic heterocycles. The van der Waals surface area contributed by atoms with Gasteiger partial charge in [-0.15, -0.1) is 0 Å². The van der Waals surface area contributed by atoms with Gasteiger partial charge in [-0.1, -0.05) is 0 Å². The summed E-state index contributed by atoms with van der Waals surface area (Å²) in [5.74, 6) is -3.15. The number of carbonyl (C=O) groups is 3. The van der Waals surface area contributed by atoms with Gasteiger partial charge in [0.25, 0.3) is 0 Å². The Bertz CT molecular complexity index is 463. The molecule has 1 rings (SSSR count). The lowest BCUT2D eigenvalue weighted by atomic mass is 10.1. The molecule has 0 saturated heterocycles. The van der Waals surface area contributed by atoms with Gasteiger partial charge in [0.2, 0.25) is 0 Å². The van der Waals surface area contributed by atoms with E-state index in [4.69, 9.17) is 15.3 Å². The summed E-state index contributed by atoms with van der Waals surface area (Å²) >= 11 is 0. The van der Waals surface area contributed by atoms with E-state index in [0.29, 0.717) is 0 Å². The first-order chi connectivity index (χ1) is 7.41. The molecule has 0 aliphatic rings. The first-order valence-electron chi connectivity index (χ1n) is 3.93. The summed E-state index contributed by atoms with van der Waals surface area (Å²) in [7, 11) is 0. The SMILES string of the molecule is O=C(O)Oc1ccc(C(=O)O)c(C(=O)O)c1. The molecule has 7 nitrogen and oxygen atoms in total. The lowest BCUT2D eigenvalue weighted by molar-refractivity contribution is 0.0651. The number of ether oxygens (including phenoxy) is 1. The van der Waals surface area contributed by atoms with Gasteiger partial charge in [0.05, 0.1) is 11.1 Å². The van der Waals surface area contributed by atoms with E-state index in [9.17, 15) is 14.4 Å². The van der Waals surface area contributed by atoms with Crippen LogP contribution in [0.4, 0.5) is 4.79 Å². The van der Waals surface area contributed by atoms with Crippen molar-refractivity contribution in [3.05, 3.63) is 29.3 Å². The Morgan fingerprint density at radius 2 is 1.50 bits per heavy atom. The average Bonchev–Trinajstić information content (AvgIpc) is 2.16. The topological polar surface area (TPSA) is 121 Å². The second kappa shape index (κ2) is 4.30. The maximum atomic E-state index is 10.7. The summed E-state index contributed by atoms with van der Waals surface area (Å²) in [6.45, 7) is 0. The molecular formula is C9H6O7. The van der Waals surface area contributed by atoms with Crippen molar-refractivity contribution in [3.8, 4) is 5.75 Å². The van der Waals surface area contributed by atoms with E-state index in [1.54, 1.807) is 0 Å². The lowest BCUT2D eigenvalue weighted by Gasteiger charge is -2.04. The molecule has 0 radical (unpaired) electrons. The molecule has 0 spiro atoms. The highest BCUT2D eigenvalue weighted by molar-refractivity contribution is 6.02. The molecule has 16 heavy (non-hydrogen) atoms. The number of carboxylic acids is 2. The fraction of sp³-hybridized carbons (Fsp3) is 0. The molecule has 0 amide bonds. The molecule has 0 atom stereocenters. The van der Waals surface area contributed by atoms with Gasteiger partial charge in [-0.05, 0) is 18.2 Å². The molecule has 0 unspecified atom stereocenters. The van der Waals surface area contributed by atoms with Gasteiger partial charge in [-0.25, -0.2) is 14.4 Å². The van der Waals surface area contributed by atoms with Crippen LogP contribution in [0, 0.1) is 0 Å². The third-order valence-corrected chi connectivity index (χ3v) is 1.66. The van der Waals surface area contributed by atoms with Crippen molar-refractivity contribution >= 4 is 18.1 Å².